The number of hydrogen-bond donors (Lipinski definition) is 0. The quantitative estimate of drug-likeness (QED) is 0.666. The van der Waals surface area contributed by atoms with Crippen LogP contribution in [0.5, 0.6) is 0 Å². The molecule has 0 bridgehead atoms. The van der Waals surface area contributed by atoms with Gasteiger partial charge in [0.15, 0.2) is 5.16 Å². The second-order valence-corrected chi connectivity index (χ2v) is 7.32. The van der Waals surface area contributed by atoms with E-state index >= 15 is 0 Å². The molecule has 2 aromatic heterocycles. The lowest BCUT2D eigenvalue weighted by Crippen LogP contribution is -2.15. The average Bonchev–Trinajstić information content (AvgIpc) is 2.95. The minimum atomic E-state index is 0.147. The zero-order valence-corrected chi connectivity index (χ0v) is 14.0. The van der Waals surface area contributed by atoms with Gasteiger partial charge in [-0.1, -0.05) is 30.0 Å². The van der Waals surface area contributed by atoms with E-state index in [4.69, 9.17) is 0 Å². The van der Waals surface area contributed by atoms with Crippen molar-refractivity contribution in [2.45, 2.75) is 30.8 Å². The van der Waals surface area contributed by atoms with Crippen molar-refractivity contribution in [2.24, 2.45) is 0 Å². The van der Waals surface area contributed by atoms with Crippen molar-refractivity contribution in [1.82, 2.24) is 9.55 Å². The number of thioether (sulfide) groups is 1. The maximum Gasteiger partial charge on any atom is 0.211 e. The number of nitrogens with zero attached hydrogens (tertiary/aromatic N) is 2. The van der Waals surface area contributed by atoms with Crippen molar-refractivity contribution in [3.63, 3.8) is 0 Å². The van der Waals surface area contributed by atoms with Gasteiger partial charge in [-0.15, -0.1) is 11.3 Å². The van der Waals surface area contributed by atoms with Crippen LogP contribution in [0.25, 0.3) is 16.0 Å². The maximum absolute atomic E-state index is 12.8. The van der Waals surface area contributed by atoms with E-state index in [1.807, 2.05) is 24.5 Å². The van der Waals surface area contributed by atoms with Crippen molar-refractivity contribution in [3.8, 4) is 5.69 Å². The summed E-state index contributed by atoms with van der Waals surface area (Å²) in [5.74, 6) is 0. The molecule has 0 saturated carbocycles. The standard InChI is InChI=1S/C17H16N2OS2/c1-21-17-18-14-15(20)12-9-5-6-10-13(12)22-16(14)19(17)11-7-3-2-4-8-11/h2-4,7-8H,5-6,9-10H2,1H3. The molecule has 3 nitrogen and oxygen atoms in total. The van der Waals surface area contributed by atoms with Gasteiger partial charge in [-0.05, 0) is 44.1 Å². The van der Waals surface area contributed by atoms with Gasteiger partial charge in [0, 0.05) is 16.1 Å². The Morgan fingerprint density at radius 1 is 1.18 bits per heavy atom. The molecule has 0 atom stereocenters. The molecule has 1 aliphatic carbocycles. The molecule has 0 fully saturated rings. The number of rotatable bonds is 2. The Morgan fingerprint density at radius 3 is 2.73 bits per heavy atom. The fraction of sp³-hybridized carbons (Fsp3) is 0.294. The summed E-state index contributed by atoms with van der Waals surface area (Å²) >= 11 is 3.34. The highest BCUT2D eigenvalue weighted by atomic mass is 32.2. The first-order chi connectivity index (χ1) is 10.8. The molecular formula is C17H16N2OS2. The summed E-state index contributed by atoms with van der Waals surface area (Å²) in [6.45, 7) is 0. The number of hydrogen-bond acceptors (Lipinski definition) is 4. The van der Waals surface area contributed by atoms with Gasteiger partial charge in [0.25, 0.3) is 0 Å². The average molecular weight is 328 g/mol. The largest absolute Gasteiger partial charge is 0.287 e. The molecule has 0 spiro atoms. The van der Waals surface area contributed by atoms with Gasteiger partial charge in [0.05, 0.1) is 0 Å². The number of para-hydroxylation sites is 1. The van der Waals surface area contributed by atoms with Crippen LogP contribution < -0.4 is 5.43 Å². The van der Waals surface area contributed by atoms with Crippen molar-refractivity contribution in [2.75, 3.05) is 6.26 Å². The first kappa shape index (κ1) is 14.0. The maximum atomic E-state index is 12.8. The van der Waals surface area contributed by atoms with Crippen LogP contribution in [0.2, 0.25) is 0 Å². The van der Waals surface area contributed by atoms with Gasteiger partial charge in [0.1, 0.15) is 10.3 Å². The molecule has 22 heavy (non-hydrogen) atoms. The molecule has 1 aromatic carbocycles. The minimum Gasteiger partial charge on any atom is -0.287 e. The highest BCUT2D eigenvalue weighted by Gasteiger charge is 2.21. The molecule has 2 heterocycles. The first-order valence-corrected chi connectivity index (χ1v) is 9.50. The van der Waals surface area contributed by atoms with Gasteiger partial charge >= 0.3 is 0 Å². The summed E-state index contributed by atoms with van der Waals surface area (Å²) in [6, 6.07) is 10.2. The number of aryl methyl sites for hydroxylation is 1. The number of aromatic nitrogens is 2. The lowest BCUT2D eigenvalue weighted by atomic mass is 9.98. The Balaban J connectivity index is 2.08. The van der Waals surface area contributed by atoms with Crippen LogP contribution in [0, 0.1) is 0 Å². The summed E-state index contributed by atoms with van der Waals surface area (Å²) in [7, 11) is 0. The lowest BCUT2D eigenvalue weighted by Gasteiger charge is -2.14. The van der Waals surface area contributed by atoms with Gasteiger partial charge in [-0.3, -0.25) is 9.36 Å². The molecule has 5 heteroatoms. The smallest absolute Gasteiger partial charge is 0.211 e. The van der Waals surface area contributed by atoms with Crippen molar-refractivity contribution >= 4 is 33.4 Å². The zero-order valence-electron chi connectivity index (χ0n) is 12.3. The second-order valence-electron chi connectivity index (χ2n) is 5.46. The molecule has 0 saturated heterocycles. The van der Waals surface area contributed by atoms with E-state index in [0.717, 1.165) is 40.5 Å². The van der Waals surface area contributed by atoms with Gasteiger partial charge in [-0.25, -0.2) is 4.98 Å². The summed E-state index contributed by atoms with van der Waals surface area (Å²) in [5.41, 5.74) is 2.86. The summed E-state index contributed by atoms with van der Waals surface area (Å²) in [6.07, 6.45) is 6.25. The first-order valence-electron chi connectivity index (χ1n) is 7.46. The molecule has 0 unspecified atom stereocenters. The molecule has 0 amide bonds. The normalized spacial score (nSPS) is 14.2. The van der Waals surface area contributed by atoms with E-state index in [9.17, 15) is 4.79 Å². The van der Waals surface area contributed by atoms with E-state index in [2.05, 4.69) is 21.7 Å². The summed E-state index contributed by atoms with van der Waals surface area (Å²) in [5, 5.41) is 0.886. The third-order valence-corrected chi connectivity index (χ3v) is 6.03. The van der Waals surface area contributed by atoms with Gasteiger partial charge in [0.2, 0.25) is 5.43 Å². The van der Waals surface area contributed by atoms with Crippen LogP contribution in [0.3, 0.4) is 0 Å². The highest BCUT2D eigenvalue weighted by molar-refractivity contribution is 7.98. The Hall–Kier alpha value is -1.59. The molecule has 0 radical (unpaired) electrons. The van der Waals surface area contributed by atoms with E-state index in [1.54, 1.807) is 23.1 Å². The SMILES string of the molecule is CSc1nc2c(=O)c3c(sc2n1-c1ccccc1)CCCC3. The summed E-state index contributed by atoms with van der Waals surface area (Å²) < 4.78 is 2.13. The van der Waals surface area contributed by atoms with E-state index in [-0.39, 0.29) is 5.43 Å². The third-order valence-electron chi connectivity index (χ3n) is 4.13. The molecule has 4 rings (SSSR count). The Bertz CT molecular complexity index is 896. The Morgan fingerprint density at radius 2 is 1.95 bits per heavy atom. The zero-order chi connectivity index (χ0) is 15.1. The third kappa shape index (κ3) is 2.11. The molecular weight excluding hydrogens is 312 g/mol. The Kier molecular flexibility index (Phi) is 3.54. The Labute approximate surface area is 137 Å². The van der Waals surface area contributed by atoms with E-state index in [0.29, 0.717) is 5.52 Å². The van der Waals surface area contributed by atoms with Crippen LogP contribution >= 0.6 is 23.1 Å². The van der Waals surface area contributed by atoms with Crippen LogP contribution in [0.4, 0.5) is 0 Å². The minimum absolute atomic E-state index is 0.147. The number of imidazole rings is 1. The van der Waals surface area contributed by atoms with Crippen LogP contribution in [-0.4, -0.2) is 15.8 Å². The van der Waals surface area contributed by atoms with Crippen LogP contribution in [0.15, 0.2) is 40.3 Å². The molecule has 0 N–H and O–H groups in total. The van der Waals surface area contributed by atoms with Crippen LogP contribution in [-0.2, 0) is 12.8 Å². The molecule has 112 valence electrons. The molecule has 3 aromatic rings. The number of benzene rings is 1. The predicted octanol–water partition coefficient (Wildman–Crippen LogP) is 4.05. The molecule has 0 aliphatic heterocycles. The number of fused-ring (bicyclic) bond motifs is 2. The lowest BCUT2D eigenvalue weighted by molar-refractivity contribution is 0.692. The van der Waals surface area contributed by atoms with E-state index in [1.165, 1.54) is 11.3 Å². The predicted molar refractivity (Wildman–Crippen MR) is 93.6 cm³/mol. The van der Waals surface area contributed by atoms with E-state index < -0.39 is 0 Å². The van der Waals surface area contributed by atoms with Crippen molar-refractivity contribution < 1.29 is 0 Å². The van der Waals surface area contributed by atoms with Crippen LogP contribution in [0.1, 0.15) is 23.3 Å². The van der Waals surface area contributed by atoms with Gasteiger partial charge in [-0.2, -0.15) is 0 Å². The van der Waals surface area contributed by atoms with Crippen molar-refractivity contribution in [3.05, 3.63) is 51.0 Å². The fourth-order valence-electron chi connectivity index (χ4n) is 3.06. The fourth-order valence-corrected chi connectivity index (χ4v) is 5.00. The monoisotopic (exact) mass is 328 g/mol. The topological polar surface area (TPSA) is 34.9 Å². The van der Waals surface area contributed by atoms with Crippen molar-refractivity contribution in [1.29, 1.82) is 0 Å². The highest BCUT2D eigenvalue weighted by Crippen LogP contribution is 2.32. The second kappa shape index (κ2) is 5.56. The summed E-state index contributed by atoms with van der Waals surface area (Å²) in [4.78, 5) is 19.7. The van der Waals surface area contributed by atoms with Gasteiger partial charge < -0.3 is 0 Å². The molecule has 1 aliphatic rings.